The number of amides is 1. The van der Waals surface area contributed by atoms with Crippen molar-refractivity contribution in [1.29, 1.82) is 0 Å². The van der Waals surface area contributed by atoms with Crippen LogP contribution in [-0.2, 0) is 17.8 Å². The number of benzene rings is 1. The topological polar surface area (TPSA) is 90.9 Å². The van der Waals surface area contributed by atoms with Crippen LogP contribution in [0.5, 0.6) is 0 Å². The van der Waals surface area contributed by atoms with Crippen molar-refractivity contribution in [2.24, 2.45) is 10.9 Å². The number of hydrazone groups is 1. The Balaban J connectivity index is 1.80. The maximum atomic E-state index is 11.9. The van der Waals surface area contributed by atoms with Gasteiger partial charge in [0, 0.05) is 26.2 Å². The summed E-state index contributed by atoms with van der Waals surface area (Å²) in [4.78, 5) is 14.1. The van der Waals surface area contributed by atoms with Crippen LogP contribution in [0.3, 0.4) is 0 Å². The SMILES string of the molecule is C=C/C=C\C(=N/N)C(=O)NCC(O)CN1CCc2ccccc2C1. The van der Waals surface area contributed by atoms with Crippen molar-refractivity contribution in [2.75, 3.05) is 19.6 Å². The Morgan fingerprint density at radius 3 is 2.92 bits per heavy atom. The third-order valence-corrected chi connectivity index (χ3v) is 3.94. The van der Waals surface area contributed by atoms with Crippen LogP contribution in [0.1, 0.15) is 11.1 Å². The summed E-state index contributed by atoms with van der Waals surface area (Å²) in [6, 6.07) is 8.35. The number of nitrogens with zero attached hydrogens (tertiary/aromatic N) is 2. The van der Waals surface area contributed by atoms with Crippen LogP contribution in [0.2, 0.25) is 0 Å². The van der Waals surface area contributed by atoms with E-state index in [0.717, 1.165) is 19.5 Å². The summed E-state index contributed by atoms with van der Waals surface area (Å²) in [5.74, 6) is 4.77. The monoisotopic (exact) mass is 328 g/mol. The second kappa shape index (κ2) is 9.00. The van der Waals surface area contributed by atoms with Crippen LogP contribution >= 0.6 is 0 Å². The summed E-state index contributed by atoms with van der Waals surface area (Å²) in [5, 5.41) is 16.2. The number of rotatable bonds is 7. The molecule has 0 spiro atoms. The average Bonchev–Trinajstić information content (AvgIpc) is 2.60. The van der Waals surface area contributed by atoms with Gasteiger partial charge in [0.15, 0.2) is 0 Å². The van der Waals surface area contributed by atoms with Crippen molar-refractivity contribution >= 4 is 11.6 Å². The summed E-state index contributed by atoms with van der Waals surface area (Å²) in [6.45, 7) is 5.90. The molecule has 0 aromatic heterocycles. The average molecular weight is 328 g/mol. The predicted molar refractivity (Wildman–Crippen MR) is 95.4 cm³/mol. The Labute approximate surface area is 142 Å². The fourth-order valence-electron chi connectivity index (χ4n) is 2.71. The van der Waals surface area contributed by atoms with E-state index in [1.807, 2.05) is 6.07 Å². The minimum atomic E-state index is -0.651. The molecule has 4 N–H and O–H groups in total. The standard InChI is InChI=1S/C18H24N4O2/c1-2-3-8-17(21-19)18(24)20-11-16(23)13-22-10-9-14-6-4-5-7-15(14)12-22/h2-8,16,23H,1,9-13,19H2,(H,20,24)/b8-3-,21-17+. The van der Waals surface area contributed by atoms with Gasteiger partial charge < -0.3 is 16.3 Å². The number of fused-ring (bicyclic) bond motifs is 1. The van der Waals surface area contributed by atoms with E-state index in [1.165, 1.54) is 23.3 Å². The second-order valence-corrected chi connectivity index (χ2v) is 5.73. The van der Waals surface area contributed by atoms with E-state index >= 15 is 0 Å². The van der Waals surface area contributed by atoms with Gasteiger partial charge in [-0.2, -0.15) is 5.10 Å². The molecule has 1 aliphatic rings. The molecule has 6 heteroatoms. The molecule has 1 aromatic rings. The van der Waals surface area contributed by atoms with Gasteiger partial charge in [0.05, 0.1) is 6.10 Å². The molecule has 0 saturated heterocycles. The lowest BCUT2D eigenvalue weighted by Gasteiger charge is -2.30. The first-order valence-corrected chi connectivity index (χ1v) is 7.96. The van der Waals surface area contributed by atoms with E-state index in [2.05, 4.69) is 40.1 Å². The zero-order valence-corrected chi connectivity index (χ0v) is 13.7. The fourth-order valence-corrected chi connectivity index (χ4v) is 2.71. The van der Waals surface area contributed by atoms with Crippen LogP contribution in [0.15, 0.2) is 54.2 Å². The summed E-state index contributed by atoms with van der Waals surface area (Å²) >= 11 is 0. The highest BCUT2D eigenvalue weighted by atomic mass is 16.3. The first-order valence-electron chi connectivity index (χ1n) is 7.96. The lowest BCUT2D eigenvalue weighted by molar-refractivity contribution is -0.115. The van der Waals surface area contributed by atoms with Crippen molar-refractivity contribution < 1.29 is 9.90 Å². The highest BCUT2D eigenvalue weighted by Gasteiger charge is 2.19. The van der Waals surface area contributed by atoms with E-state index < -0.39 is 12.0 Å². The van der Waals surface area contributed by atoms with Crippen LogP contribution in [-0.4, -0.2) is 47.4 Å². The number of hydrogen-bond acceptors (Lipinski definition) is 5. The molecule has 128 valence electrons. The van der Waals surface area contributed by atoms with Crippen molar-refractivity contribution in [3.8, 4) is 0 Å². The summed E-state index contributed by atoms with van der Waals surface area (Å²) in [5.41, 5.74) is 2.76. The lowest BCUT2D eigenvalue weighted by Crippen LogP contribution is -2.43. The molecule has 1 amide bonds. The van der Waals surface area contributed by atoms with Gasteiger partial charge in [0.25, 0.3) is 5.91 Å². The van der Waals surface area contributed by atoms with Crippen molar-refractivity contribution in [3.05, 3.63) is 60.2 Å². The number of aliphatic hydroxyl groups is 1. The molecule has 0 fully saturated rings. The van der Waals surface area contributed by atoms with E-state index in [4.69, 9.17) is 5.84 Å². The Morgan fingerprint density at radius 1 is 1.46 bits per heavy atom. The third kappa shape index (κ3) is 5.04. The number of allylic oxidation sites excluding steroid dienone is 2. The van der Waals surface area contributed by atoms with Gasteiger partial charge in [-0.25, -0.2) is 0 Å². The third-order valence-electron chi connectivity index (χ3n) is 3.94. The van der Waals surface area contributed by atoms with E-state index in [1.54, 1.807) is 6.08 Å². The molecule has 6 nitrogen and oxygen atoms in total. The van der Waals surface area contributed by atoms with Gasteiger partial charge in [-0.15, -0.1) is 0 Å². The molecular formula is C18H24N4O2. The predicted octanol–water partition coefficient (Wildman–Crippen LogP) is 0.579. The Hall–Kier alpha value is -2.44. The van der Waals surface area contributed by atoms with Crippen LogP contribution in [0, 0.1) is 0 Å². The van der Waals surface area contributed by atoms with Crippen LogP contribution in [0.4, 0.5) is 0 Å². The van der Waals surface area contributed by atoms with Crippen LogP contribution < -0.4 is 11.2 Å². The number of carbonyl (C=O) groups excluding carboxylic acids is 1. The number of aliphatic hydroxyl groups excluding tert-OH is 1. The molecule has 1 unspecified atom stereocenters. The molecule has 1 heterocycles. The quantitative estimate of drug-likeness (QED) is 0.295. The molecule has 1 aliphatic heterocycles. The van der Waals surface area contributed by atoms with E-state index in [-0.39, 0.29) is 12.3 Å². The minimum Gasteiger partial charge on any atom is -0.390 e. The Bertz CT molecular complexity index is 640. The Kier molecular flexibility index (Phi) is 6.72. The van der Waals surface area contributed by atoms with Crippen molar-refractivity contribution in [2.45, 2.75) is 19.1 Å². The van der Waals surface area contributed by atoms with E-state index in [0.29, 0.717) is 6.54 Å². The largest absolute Gasteiger partial charge is 0.390 e. The smallest absolute Gasteiger partial charge is 0.271 e. The first-order chi connectivity index (χ1) is 11.6. The molecule has 1 atom stereocenters. The van der Waals surface area contributed by atoms with Gasteiger partial charge in [-0.3, -0.25) is 9.69 Å². The summed E-state index contributed by atoms with van der Waals surface area (Å²) in [6.07, 6.45) is 4.90. The summed E-state index contributed by atoms with van der Waals surface area (Å²) in [7, 11) is 0. The zero-order valence-electron chi connectivity index (χ0n) is 13.7. The molecule has 24 heavy (non-hydrogen) atoms. The fraction of sp³-hybridized carbons (Fsp3) is 0.333. The number of nitrogens with one attached hydrogen (secondary N) is 1. The summed E-state index contributed by atoms with van der Waals surface area (Å²) < 4.78 is 0. The number of β-amino-alcohol motifs (C(OH)–C–C–N with tert-alkyl or cyclic N) is 1. The normalized spacial score (nSPS) is 16.6. The molecule has 1 aromatic carbocycles. The van der Waals surface area contributed by atoms with Gasteiger partial charge in [-0.1, -0.05) is 43.0 Å². The van der Waals surface area contributed by atoms with Gasteiger partial charge in [0.1, 0.15) is 5.71 Å². The van der Waals surface area contributed by atoms with Crippen molar-refractivity contribution in [3.63, 3.8) is 0 Å². The Morgan fingerprint density at radius 2 is 2.21 bits per heavy atom. The van der Waals surface area contributed by atoms with Crippen LogP contribution in [0.25, 0.3) is 0 Å². The molecular weight excluding hydrogens is 304 g/mol. The molecule has 2 rings (SSSR count). The molecule has 0 radical (unpaired) electrons. The number of hydrogen-bond donors (Lipinski definition) is 3. The first kappa shape index (κ1) is 17.9. The highest BCUT2D eigenvalue weighted by molar-refractivity contribution is 6.43. The van der Waals surface area contributed by atoms with Gasteiger partial charge in [0.2, 0.25) is 0 Å². The van der Waals surface area contributed by atoms with Crippen molar-refractivity contribution in [1.82, 2.24) is 10.2 Å². The maximum Gasteiger partial charge on any atom is 0.271 e. The van der Waals surface area contributed by atoms with E-state index in [9.17, 15) is 9.90 Å². The van der Waals surface area contributed by atoms with Gasteiger partial charge >= 0.3 is 0 Å². The molecule has 0 bridgehead atoms. The zero-order chi connectivity index (χ0) is 17.4. The molecule has 0 saturated carbocycles. The number of nitrogens with two attached hydrogens (primary N) is 1. The number of carbonyl (C=O) groups is 1. The minimum absolute atomic E-state index is 0.0917. The maximum absolute atomic E-state index is 11.9. The highest BCUT2D eigenvalue weighted by Crippen LogP contribution is 2.18. The second-order valence-electron chi connectivity index (χ2n) is 5.73. The van der Waals surface area contributed by atoms with Gasteiger partial charge in [-0.05, 0) is 23.6 Å². The lowest BCUT2D eigenvalue weighted by atomic mass is 10.00. The molecule has 0 aliphatic carbocycles.